The largest absolute Gasteiger partial charge is 0.350 e. The summed E-state index contributed by atoms with van der Waals surface area (Å²) < 4.78 is 13.7. The van der Waals surface area contributed by atoms with E-state index < -0.39 is 0 Å². The van der Waals surface area contributed by atoms with E-state index in [1.54, 1.807) is 18.2 Å². The number of fused-ring (bicyclic) bond motifs is 3. The number of pyridine rings is 1. The Kier molecular flexibility index (Phi) is 3.85. The van der Waals surface area contributed by atoms with Crippen LogP contribution in [0.25, 0.3) is 10.9 Å². The van der Waals surface area contributed by atoms with Crippen molar-refractivity contribution in [3.8, 4) is 0 Å². The first-order valence-electron chi connectivity index (χ1n) is 7.66. The number of rotatable bonds is 2. The highest BCUT2D eigenvalue weighted by atomic mass is 35.5. The van der Waals surface area contributed by atoms with E-state index in [-0.39, 0.29) is 11.7 Å². The van der Waals surface area contributed by atoms with Crippen LogP contribution < -0.4 is 10.7 Å². The summed E-state index contributed by atoms with van der Waals surface area (Å²) in [5, 5.41) is 8.35. The number of aromatic nitrogens is 2. The first kappa shape index (κ1) is 15.6. The van der Waals surface area contributed by atoms with Crippen LogP contribution >= 0.6 is 11.6 Å². The van der Waals surface area contributed by atoms with E-state index in [0.29, 0.717) is 51.7 Å². The summed E-state index contributed by atoms with van der Waals surface area (Å²) in [4.78, 5) is 19.4. The van der Waals surface area contributed by atoms with Gasteiger partial charge in [0.15, 0.2) is 0 Å². The zero-order valence-electron chi connectivity index (χ0n) is 12.9. The Morgan fingerprint density at radius 3 is 2.96 bits per heavy atom. The molecule has 0 radical (unpaired) electrons. The number of hydrogen-bond acceptors (Lipinski definition) is 4. The maximum atomic E-state index is 13.7. The average molecular weight is 358 g/mol. The normalized spacial score (nSPS) is 15.8. The number of anilines is 1. The SMILES string of the molecule is O=C1NCC/C(=N\Nc2ccc(Cl)cn2)c2c1[nH]c1ccc(F)cc21. The molecule has 0 saturated carbocycles. The Labute approximate surface area is 147 Å². The summed E-state index contributed by atoms with van der Waals surface area (Å²) in [5.74, 6) is -0.0833. The topological polar surface area (TPSA) is 82.2 Å². The van der Waals surface area contributed by atoms with Gasteiger partial charge in [-0.25, -0.2) is 9.37 Å². The third kappa shape index (κ3) is 2.94. The van der Waals surface area contributed by atoms with Gasteiger partial charge in [0.2, 0.25) is 0 Å². The fourth-order valence-electron chi connectivity index (χ4n) is 2.82. The average Bonchev–Trinajstić information content (AvgIpc) is 2.90. The van der Waals surface area contributed by atoms with E-state index in [1.165, 1.54) is 18.3 Å². The maximum absolute atomic E-state index is 13.7. The molecule has 1 amide bonds. The van der Waals surface area contributed by atoms with Crippen molar-refractivity contribution in [3.63, 3.8) is 0 Å². The highest BCUT2D eigenvalue weighted by Crippen LogP contribution is 2.26. The van der Waals surface area contributed by atoms with Crippen molar-refractivity contribution < 1.29 is 9.18 Å². The first-order chi connectivity index (χ1) is 12.1. The fraction of sp³-hybridized carbons (Fsp3) is 0.118. The van der Waals surface area contributed by atoms with Crippen molar-refractivity contribution in [3.05, 3.63) is 58.6 Å². The zero-order chi connectivity index (χ0) is 17.4. The number of hydrogen-bond donors (Lipinski definition) is 3. The van der Waals surface area contributed by atoms with E-state index in [2.05, 4.69) is 25.8 Å². The van der Waals surface area contributed by atoms with Crippen LogP contribution in [0.5, 0.6) is 0 Å². The third-order valence-corrected chi connectivity index (χ3v) is 4.18. The van der Waals surface area contributed by atoms with Gasteiger partial charge in [0, 0.05) is 35.6 Å². The highest BCUT2D eigenvalue weighted by molar-refractivity contribution is 6.30. The zero-order valence-corrected chi connectivity index (χ0v) is 13.7. The first-order valence-corrected chi connectivity index (χ1v) is 8.03. The van der Waals surface area contributed by atoms with Gasteiger partial charge in [-0.05, 0) is 30.3 Å². The van der Waals surface area contributed by atoms with E-state index in [4.69, 9.17) is 11.6 Å². The van der Waals surface area contributed by atoms with Crippen molar-refractivity contribution in [1.29, 1.82) is 0 Å². The smallest absolute Gasteiger partial charge is 0.268 e. The molecule has 1 aliphatic heterocycles. The molecule has 6 nitrogen and oxygen atoms in total. The van der Waals surface area contributed by atoms with E-state index >= 15 is 0 Å². The molecule has 2 aromatic heterocycles. The molecule has 0 saturated heterocycles. The Morgan fingerprint density at radius 2 is 2.16 bits per heavy atom. The quantitative estimate of drug-likeness (QED) is 0.615. The number of carbonyl (C=O) groups excluding carboxylic acids is 1. The van der Waals surface area contributed by atoms with Crippen molar-refractivity contribution in [2.45, 2.75) is 6.42 Å². The standard InChI is InChI=1S/C17H13ClFN5O/c18-9-1-4-14(21-8-9)24-23-13-5-6-20-17(25)16-15(13)11-7-10(19)2-3-12(11)22-16/h1-4,7-8,22H,5-6H2,(H,20,25)(H,21,24)/b23-13+. The van der Waals surface area contributed by atoms with Gasteiger partial charge in [-0.1, -0.05) is 11.6 Å². The van der Waals surface area contributed by atoms with Gasteiger partial charge >= 0.3 is 0 Å². The lowest BCUT2D eigenvalue weighted by Crippen LogP contribution is -2.23. The van der Waals surface area contributed by atoms with Gasteiger partial charge in [0.1, 0.15) is 17.3 Å². The Balaban J connectivity index is 1.81. The van der Waals surface area contributed by atoms with Crippen LogP contribution in [-0.4, -0.2) is 28.1 Å². The number of carbonyl (C=O) groups is 1. The lowest BCUT2D eigenvalue weighted by atomic mass is 10.0. The van der Waals surface area contributed by atoms with Crippen LogP contribution in [0.15, 0.2) is 41.6 Å². The second-order valence-corrected chi connectivity index (χ2v) is 6.04. The van der Waals surface area contributed by atoms with Gasteiger partial charge in [-0.15, -0.1) is 0 Å². The molecule has 1 aliphatic rings. The summed E-state index contributed by atoms with van der Waals surface area (Å²) in [7, 11) is 0. The predicted molar refractivity (Wildman–Crippen MR) is 94.6 cm³/mol. The van der Waals surface area contributed by atoms with Crippen molar-refractivity contribution in [1.82, 2.24) is 15.3 Å². The van der Waals surface area contributed by atoms with Crippen LogP contribution in [0.1, 0.15) is 22.5 Å². The Bertz CT molecular complexity index is 996. The molecule has 0 fully saturated rings. The van der Waals surface area contributed by atoms with Gasteiger partial charge in [-0.2, -0.15) is 5.10 Å². The number of H-pyrrole nitrogens is 1. The molecule has 8 heteroatoms. The number of nitrogens with one attached hydrogen (secondary N) is 3. The van der Waals surface area contributed by atoms with E-state index in [0.717, 1.165) is 0 Å². The summed E-state index contributed by atoms with van der Waals surface area (Å²) in [6, 6.07) is 7.75. The number of amides is 1. The lowest BCUT2D eigenvalue weighted by molar-refractivity contribution is 0.0952. The maximum Gasteiger partial charge on any atom is 0.268 e. The molecule has 0 bridgehead atoms. The van der Waals surface area contributed by atoms with Gasteiger partial charge in [0.05, 0.1) is 10.7 Å². The van der Waals surface area contributed by atoms with Crippen molar-refractivity contribution >= 4 is 39.9 Å². The molecule has 126 valence electrons. The fourth-order valence-corrected chi connectivity index (χ4v) is 2.93. The molecule has 0 spiro atoms. The number of nitrogens with zero attached hydrogens (tertiary/aromatic N) is 2. The molecule has 0 aliphatic carbocycles. The number of benzene rings is 1. The second-order valence-electron chi connectivity index (χ2n) is 5.60. The van der Waals surface area contributed by atoms with Gasteiger partial charge < -0.3 is 10.3 Å². The van der Waals surface area contributed by atoms with E-state index in [9.17, 15) is 9.18 Å². The van der Waals surface area contributed by atoms with Crippen LogP contribution in [0.4, 0.5) is 10.2 Å². The Hall–Kier alpha value is -2.93. The van der Waals surface area contributed by atoms with E-state index in [1.807, 2.05) is 0 Å². The molecule has 0 atom stereocenters. The van der Waals surface area contributed by atoms with Gasteiger partial charge in [0.25, 0.3) is 5.91 Å². The van der Waals surface area contributed by atoms with Crippen LogP contribution in [0.3, 0.4) is 0 Å². The molecule has 3 N–H and O–H groups in total. The summed E-state index contributed by atoms with van der Waals surface area (Å²) in [6.45, 7) is 0.437. The van der Waals surface area contributed by atoms with Crippen LogP contribution in [-0.2, 0) is 0 Å². The minimum atomic E-state index is -0.370. The van der Waals surface area contributed by atoms with Crippen molar-refractivity contribution in [2.75, 3.05) is 12.0 Å². The summed E-state index contributed by atoms with van der Waals surface area (Å²) in [6.07, 6.45) is 2.01. The summed E-state index contributed by atoms with van der Waals surface area (Å²) >= 11 is 5.82. The number of hydrazone groups is 1. The number of aromatic amines is 1. The molecule has 4 rings (SSSR count). The van der Waals surface area contributed by atoms with Crippen LogP contribution in [0, 0.1) is 5.82 Å². The minimum absolute atomic E-state index is 0.235. The Morgan fingerprint density at radius 1 is 1.28 bits per heavy atom. The van der Waals surface area contributed by atoms with Gasteiger partial charge in [-0.3, -0.25) is 10.2 Å². The number of halogens is 2. The molecule has 25 heavy (non-hydrogen) atoms. The molecule has 0 unspecified atom stereocenters. The lowest BCUT2D eigenvalue weighted by Gasteiger charge is -2.05. The van der Waals surface area contributed by atoms with Crippen LogP contribution in [0.2, 0.25) is 5.02 Å². The second kappa shape index (κ2) is 6.18. The van der Waals surface area contributed by atoms with Crippen molar-refractivity contribution in [2.24, 2.45) is 5.10 Å². The molecular weight excluding hydrogens is 345 g/mol. The highest BCUT2D eigenvalue weighted by Gasteiger charge is 2.25. The molecule has 1 aromatic carbocycles. The third-order valence-electron chi connectivity index (χ3n) is 3.96. The monoisotopic (exact) mass is 357 g/mol. The minimum Gasteiger partial charge on any atom is -0.350 e. The molecular formula is C17H13ClFN5O. The summed E-state index contributed by atoms with van der Waals surface area (Å²) in [5.41, 5.74) is 5.17. The predicted octanol–water partition coefficient (Wildman–Crippen LogP) is 3.31. The molecule has 3 heterocycles. The molecule has 3 aromatic rings.